The number of nitrogens with zero attached hydrogens (tertiary/aromatic N) is 1. The van der Waals surface area contributed by atoms with Crippen LogP contribution in [0.2, 0.25) is 0 Å². The lowest BCUT2D eigenvalue weighted by Gasteiger charge is -2.30. The molecule has 0 aliphatic carbocycles. The van der Waals surface area contributed by atoms with Crippen LogP contribution in [0.4, 0.5) is 0 Å². The molecule has 0 atom stereocenters. The van der Waals surface area contributed by atoms with Crippen LogP contribution in [-0.2, 0) is 0 Å². The van der Waals surface area contributed by atoms with E-state index in [0.717, 1.165) is 18.9 Å². The van der Waals surface area contributed by atoms with Gasteiger partial charge in [0.15, 0.2) is 0 Å². The van der Waals surface area contributed by atoms with Gasteiger partial charge in [-0.15, -0.1) is 0 Å². The van der Waals surface area contributed by atoms with E-state index in [4.69, 9.17) is 5.11 Å². The van der Waals surface area contributed by atoms with Crippen molar-refractivity contribution in [1.29, 1.82) is 0 Å². The zero-order valence-corrected chi connectivity index (χ0v) is 8.58. The zero-order chi connectivity index (χ0) is 9.52. The first-order valence-electron chi connectivity index (χ1n) is 5.31. The quantitative estimate of drug-likeness (QED) is 0.670. The van der Waals surface area contributed by atoms with Gasteiger partial charge in [0.2, 0.25) is 0 Å². The minimum atomic E-state index is 0.361. The molecule has 0 aromatic carbocycles. The van der Waals surface area contributed by atoms with Crippen molar-refractivity contribution in [3.8, 4) is 0 Å². The molecule has 2 heteroatoms. The smallest absolute Gasteiger partial charge is 0.0433 e. The van der Waals surface area contributed by atoms with E-state index < -0.39 is 0 Å². The second kappa shape index (κ2) is 6.17. The Morgan fingerprint density at radius 1 is 1.38 bits per heavy atom. The first-order chi connectivity index (χ1) is 6.36. The van der Waals surface area contributed by atoms with Gasteiger partial charge in [-0.1, -0.05) is 12.2 Å². The minimum absolute atomic E-state index is 0.361. The summed E-state index contributed by atoms with van der Waals surface area (Å²) in [6, 6.07) is 0. The molecule has 1 rings (SSSR count). The maximum absolute atomic E-state index is 8.80. The van der Waals surface area contributed by atoms with Gasteiger partial charge in [-0.25, -0.2) is 0 Å². The number of hydrogen-bond acceptors (Lipinski definition) is 2. The van der Waals surface area contributed by atoms with Crippen LogP contribution >= 0.6 is 0 Å². The molecule has 1 saturated heterocycles. The summed E-state index contributed by atoms with van der Waals surface area (Å²) in [4.78, 5) is 2.48. The van der Waals surface area contributed by atoms with Crippen LogP contribution in [-0.4, -0.2) is 36.2 Å². The van der Waals surface area contributed by atoms with Crippen LogP contribution < -0.4 is 0 Å². The van der Waals surface area contributed by atoms with E-state index in [1.54, 1.807) is 0 Å². The monoisotopic (exact) mass is 183 g/mol. The summed E-state index contributed by atoms with van der Waals surface area (Å²) in [7, 11) is 0. The lowest BCUT2D eigenvalue weighted by Crippen LogP contribution is -2.34. The summed E-state index contributed by atoms with van der Waals surface area (Å²) >= 11 is 0. The lowest BCUT2D eigenvalue weighted by atomic mass is 9.94. The standard InChI is InChI=1S/C11H21NO/c1-2-3-7-12-8-4-11(5-9-12)6-10-13/h2-3,11,13H,4-10H2,1H3/b3-2+. The summed E-state index contributed by atoms with van der Waals surface area (Å²) in [5.74, 6) is 0.770. The van der Waals surface area contributed by atoms with Crippen molar-refractivity contribution in [1.82, 2.24) is 4.90 Å². The Balaban J connectivity index is 2.14. The minimum Gasteiger partial charge on any atom is -0.396 e. The van der Waals surface area contributed by atoms with Crippen LogP contribution in [0.5, 0.6) is 0 Å². The van der Waals surface area contributed by atoms with Crippen molar-refractivity contribution >= 4 is 0 Å². The molecule has 1 N–H and O–H groups in total. The first kappa shape index (κ1) is 10.7. The van der Waals surface area contributed by atoms with Gasteiger partial charge in [0.1, 0.15) is 0 Å². The predicted molar refractivity (Wildman–Crippen MR) is 55.7 cm³/mol. The van der Waals surface area contributed by atoms with Crippen molar-refractivity contribution in [3.05, 3.63) is 12.2 Å². The van der Waals surface area contributed by atoms with E-state index in [9.17, 15) is 0 Å². The van der Waals surface area contributed by atoms with E-state index in [-0.39, 0.29) is 0 Å². The van der Waals surface area contributed by atoms with Crippen molar-refractivity contribution in [2.24, 2.45) is 5.92 Å². The van der Waals surface area contributed by atoms with Gasteiger partial charge in [-0.05, 0) is 45.2 Å². The Morgan fingerprint density at radius 2 is 2.08 bits per heavy atom. The van der Waals surface area contributed by atoms with Gasteiger partial charge in [0, 0.05) is 13.2 Å². The highest BCUT2D eigenvalue weighted by atomic mass is 16.3. The van der Waals surface area contributed by atoms with E-state index >= 15 is 0 Å². The van der Waals surface area contributed by atoms with Crippen LogP contribution in [0.25, 0.3) is 0 Å². The lowest BCUT2D eigenvalue weighted by molar-refractivity contribution is 0.169. The largest absolute Gasteiger partial charge is 0.396 e. The van der Waals surface area contributed by atoms with Gasteiger partial charge < -0.3 is 5.11 Å². The second-order valence-corrected chi connectivity index (χ2v) is 3.83. The predicted octanol–water partition coefficient (Wildman–Crippen LogP) is 1.66. The Kier molecular flexibility index (Phi) is 5.09. The van der Waals surface area contributed by atoms with Crippen LogP contribution in [0.1, 0.15) is 26.2 Å². The van der Waals surface area contributed by atoms with E-state index in [1.807, 2.05) is 0 Å². The Hall–Kier alpha value is -0.340. The number of hydrogen-bond donors (Lipinski definition) is 1. The molecule has 0 aromatic rings. The van der Waals surface area contributed by atoms with Crippen molar-refractivity contribution in [2.75, 3.05) is 26.2 Å². The molecule has 1 heterocycles. The molecular weight excluding hydrogens is 162 g/mol. The molecule has 13 heavy (non-hydrogen) atoms. The average Bonchev–Trinajstić information content (AvgIpc) is 2.17. The van der Waals surface area contributed by atoms with E-state index in [0.29, 0.717) is 6.61 Å². The molecule has 1 fully saturated rings. The number of allylic oxidation sites excluding steroid dienone is 1. The molecule has 0 saturated carbocycles. The molecule has 1 aliphatic heterocycles. The summed E-state index contributed by atoms with van der Waals surface area (Å²) in [6.45, 7) is 5.93. The summed E-state index contributed by atoms with van der Waals surface area (Å²) in [5.41, 5.74) is 0. The summed E-state index contributed by atoms with van der Waals surface area (Å²) < 4.78 is 0. The molecule has 0 aromatic heterocycles. The van der Waals surface area contributed by atoms with E-state index in [2.05, 4.69) is 24.0 Å². The summed E-state index contributed by atoms with van der Waals surface area (Å²) in [5, 5.41) is 8.80. The normalized spacial score (nSPS) is 21.4. The molecule has 2 nitrogen and oxygen atoms in total. The summed E-state index contributed by atoms with van der Waals surface area (Å²) in [6.07, 6.45) is 7.85. The Labute approximate surface area is 81.2 Å². The fourth-order valence-electron chi connectivity index (χ4n) is 1.89. The maximum atomic E-state index is 8.80. The third-order valence-electron chi connectivity index (χ3n) is 2.84. The number of likely N-dealkylation sites (tertiary alicyclic amines) is 1. The van der Waals surface area contributed by atoms with Gasteiger partial charge in [-0.2, -0.15) is 0 Å². The SMILES string of the molecule is C/C=C/CN1CCC(CCO)CC1. The van der Waals surface area contributed by atoms with Gasteiger partial charge in [-0.3, -0.25) is 4.90 Å². The Bertz CT molecular complexity index is 148. The highest BCUT2D eigenvalue weighted by molar-refractivity contribution is 4.83. The number of aliphatic hydroxyl groups excluding tert-OH is 1. The van der Waals surface area contributed by atoms with Crippen molar-refractivity contribution < 1.29 is 5.11 Å². The first-order valence-corrected chi connectivity index (χ1v) is 5.31. The van der Waals surface area contributed by atoms with Gasteiger partial charge >= 0.3 is 0 Å². The molecular formula is C11H21NO. The molecule has 1 aliphatic rings. The molecule has 76 valence electrons. The van der Waals surface area contributed by atoms with Crippen LogP contribution in [0.15, 0.2) is 12.2 Å². The van der Waals surface area contributed by atoms with Gasteiger partial charge in [0.05, 0.1) is 0 Å². The molecule has 0 unspecified atom stereocenters. The third kappa shape index (κ3) is 3.92. The number of aliphatic hydroxyl groups is 1. The van der Waals surface area contributed by atoms with Crippen LogP contribution in [0, 0.1) is 5.92 Å². The van der Waals surface area contributed by atoms with E-state index in [1.165, 1.54) is 25.9 Å². The molecule has 0 spiro atoms. The number of piperidine rings is 1. The third-order valence-corrected chi connectivity index (χ3v) is 2.84. The average molecular weight is 183 g/mol. The fraction of sp³-hybridized carbons (Fsp3) is 0.818. The maximum Gasteiger partial charge on any atom is 0.0433 e. The highest BCUT2D eigenvalue weighted by Crippen LogP contribution is 2.19. The Morgan fingerprint density at radius 3 is 2.62 bits per heavy atom. The zero-order valence-electron chi connectivity index (χ0n) is 8.58. The molecule has 0 radical (unpaired) electrons. The van der Waals surface area contributed by atoms with Crippen molar-refractivity contribution in [2.45, 2.75) is 26.2 Å². The fourth-order valence-corrected chi connectivity index (χ4v) is 1.89. The topological polar surface area (TPSA) is 23.5 Å². The highest BCUT2D eigenvalue weighted by Gasteiger charge is 2.17. The molecule has 0 bridgehead atoms. The second-order valence-electron chi connectivity index (χ2n) is 3.83. The molecule has 0 amide bonds. The number of rotatable bonds is 4. The van der Waals surface area contributed by atoms with Crippen molar-refractivity contribution in [3.63, 3.8) is 0 Å². The van der Waals surface area contributed by atoms with Gasteiger partial charge in [0.25, 0.3) is 0 Å². The van der Waals surface area contributed by atoms with Crippen LogP contribution in [0.3, 0.4) is 0 Å².